The standard InChI is InChI=1S/C23H20N6OS3/c1-2-29-20(13-32-23-26-18-8-3-4-11-19(18)33-23)27-28-22(29)31-14-21(30)25-17-10-5-9-16-15(17)7-6-12-24-16/h3-12H,2,13-14H2,1H3,(H,25,30). The third kappa shape index (κ3) is 4.87. The Morgan fingerprint density at radius 3 is 2.79 bits per heavy atom. The summed E-state index contributed by atoms with van der Waals surface area (Å²) in [4.78, 5) is 21.6. The van der Waals surface area contributed by atoms with Crippen LogP contribution in [-0.4, -0.2) is 36.4 Å². The molecule has 0 aliphatic rings. The van der Waals surface area contributed by atoms with Gasteiger partial charge in [0, 0.05) is 18.1 Å². The van der Waals surface area contributed by atoms with Crippen LogP contribution < -0.4 is 5.32 Å². The molecule has 0 saturated carbocycles. The number of aromatic nitrogens is 5. The maximum Gasteiger partial charge on any atom is 0.234 e. The van der Waals surface area contributed by atoms with Crippen LogP contribution in [0.15, 0.2) is 70.3 Å². The van der Waals surface area contributed by atoms with Crippen LogP contribution in [0.3, 0.4) is 0 Å². The third-order valence-corrected chi connectivity index (χ3v) is 8.10. The number of benzene rings is 2. The lowest BCUT2D eigenvalue weighted by Crippen LogP contribution is -2.15. The first-order chi connectivity index (χ1) is 16.2. The van der Waals surface area contributed by atoms with Gasteiger partial charge in [-0.3, -0.25) is 9.78 Å². The first kappa shape index (κ1) is 21.9. The lowest BCUT2D eigenvalue weighted by molar-refractivity contribution is -0.113. The number of thioether (sulfide) groups is 2. The van der Waals surface area contributed by atoms with Gasteiger partial charge in [0.1, 0.15) is 5.82 Å². The molecule has 0 atom stereocenters. The highest BCUT2D eigenvalue weighted by atomic mass is 32.2. The van der Waals surface area contributed by atoms with Crippen LogP contribution >= 0.6 is 34.9 Å². The number of hydrogen-bond donors (Lipinski definition) is 1. The van der Waals surface area contributed by atoms with Crippen LogP contribution in [0.25, 0.3) is 21.1 Å². The molecule has 0 bridgehead atoms. The Morgan fingerprint density at radius 1 is 1.03 bits per heavy atom. The molecule has 5 rings (SSSR count). The molecule has 0 saturated heterocycles. The fourth-order valence-electron chi connectivity index (χ4n) is 3.42. The molecule has 1 amide bonds. The van der Waals surface area contributed by atoms with Crippen LogP contribution in [0.5, 0.6) is 0 Å². The number of carbonyl (C=O) groups excluding carboxylic acids is 1. The van der Waals surface area contributed by atoms with Gasteiger partial charge in [-0.1, -0.05) is 41.7 Å². The summed E-state index contributed by atoms with van der Waals surface area (Å²) in [5.41, 5.74) is 2.63. The zero-order valence-corrected chi connectivity index (χ0v) is 20.2. The Balaban J connectivity index is 1.22. The van der Waals surface area contributed by atoms with Gasteiger partial charge in [-0.2, -0.15) is 0 Å². The van der Waals surface area contributed by atoms with Crippen molar-refractivity contribution in [3.8, 4) is 0 Å². The normalized spacial score (nSPS) is 11.3. The number of fused-ring (bicyclic) bond motifs is 2. The Bertz CT molecular complexity index is 1390. The van der Waals surface area contributed by atoms with Crippen LogP contribution in [0, 0.1) is 0 Å². The molecule has 0 aliphatic carbocycles. The zero-order chi connectivity index (χ0) is 22.6. The first-order valence-corrected chi connectivity index (χ1v) is 13.2. The largest absolute Gasteiger partial charge is 0.325 e. The van der Waals surface area contributed by atoms with E-state index in [1.54, 1.807) is 29.3 Å². The number of hydrogen-bond acceptors (Lipinski definition) is 8. The van der Waals surface area contributed by atoms with E-state index in [0.717, 1.165) is 44.0 Å². The van der Waals surface area contributed by atoms with Crippen molar-refractivity contribution in [3.05, 3.63) is 66.6 Å². The number of nitrogens with one attached hydrogen (secondary N) is 1. The summed E-state index contributed by atoms with van der Waals surface area (Å²) < 4.78 is 4.25. The highest BCUT2D eigenvalue weighted by molar-refractivity contribution is 8.00. The molecular weight excluding hydrogens is 472 g/mol. The lowest BCUT2D eigenvalue weighted by Gasteiger charge is -2.09. The fourth-order valence-corrected chi connectivity index (χ4v) is 6.25. The van der Waals surface area contributed by atoms with E-state index in [1.165, 1.54) is 16.5 Å². The Labute approximate surface area is 203 Å². The van der Waals surface area contributed by atoms with Gasteiger partial charge >= 0.3 is 0 Å². The molecule has 33 heavy (non-hydrogen) atoms. The van der Waals surface area contributed by atoms with E-state index >= 15 is 0 Å². The number of para-hydroxylation sites is 1. The third-order valence-electron chi connectivity index (χ3n) is 4.96. The van der Waals surface area contributed by atoms with Gasteiger partial charge in [0.15, 0.2) is 9.50 Å². The topological polar surface area (TPSA) is 85.6 Å². The average molecular weight is 493 g/mol. The molecule has 7 nitrogen and oxygen atoms in total. The van der Waals surface area contributed by atoms with E-state index in [0.29, 0.717) is 5.75 Å². The summed E-state index contributed by atoms with van der Waals surface area (Å²) in [6, 6.07) is 17.7. The molecule has 0 spiro atoms. The summed E-state index contributed by atoms with van der Waals surface area (Å²) in [7, 11) is 0. The van der Waals surface area contributed by atoms with Gasteiger partial charge in [-0.25, -0.2) is 4.98 Å². The molecule has 0 aliphatic heterocycles. The predicted molar refractivity (Wildman–Crippen MR) is 136 cm³/mol. The van der Waals surface area contributed by atoms with E-state index in [9.17, 15) is 4.79 Å². The summed E-state index contributed by atoms with van der Waals surface area (Å²) in [5.74, 6) is 1.72. The maximum absolute atomic E-state index is 12.6. The lowest BCUT2D eigenvalue weighted by atomic mass is 10.2. The van der Waals surface area contributed by atoms with Gasteiger partial charge in [-0.05, 0) is 43.3 Å². The van der Waals surface area contributed by atoms with Crippen molar-refractivity contribution in [2.24, 2.45) is 0 Å². The molecule has 3 aromatic heterocycles. The van der Waals surface area contributed by atoms with Crippen molar-refractivity contribution >= 4 is 67.6 Å². The van der Waals surface area contributed by atoms with Crippen molar-refractivity contribution in [2.45, 2.75) is 28.7 Å². The van der Waals surface area contributed by atoms with Gasteiger partial charge < -0.3 is 9.88 Å². The number of nitrogens with zero attached hydrogens (tertiary/aromatic N) is 5. The van der Waals surface area contributed by atoms with Crippen molar-refractivity contribution in [1.29, 1.82) is 0 Å². The maximum atomic E-state index is 12.6. The molecule has 0 radical (unpaired) electrons. The number of amides is 1. The monoisotopic (exact) mass is 492 g/mol. The second-order valence-electron chi connectivity index (χ2n) is 7.09. The van der Waals surface area contributed by atoms with Crippen molar-refractivity contribution in [1.82, 2.24) is 24.7 Å². The first-order valence-electron chi connectivity index (χ1n) is 10.4. The van der Waals surface area contributed by atoms with Crippen LogP contribution in [0.4, 0.5) is 5.69 Å². The molecule has 0 fully saturated rings. The second kappa shape index (κ2) is 9.90. The molecule has 0 unspecified atom stereocenters. The average Bonchev–Trinajstić information content (AvgIpc) is 3.44. The highest BCUT2D eigenvalue weighted by Gasteiger charge is 2.15. The molecule has 10 heteroatoms. The Kier molecular flexibility index (Phi) is 6.56. The van der Waals surface area contributed by atoms with E-state index in [4.69, 9.17) is 0 Å². The molecule has 5 aromatic rings. The van der Waals surface area contributed by atoms with Crippen LogP contribution in [0.2, 0.25) is 0 Å². The van der Waals surface area contributed by atoms with E-state index in [-0.39, 0.29) is 11.7 Å². The summed E-state index contributed by atoms with van der Waals surface area (Å²) in [6.07, 6.45) is 1.74. The smallest absolute Gasteiger partial charge is 0.234 e. The number of thiazole rings is 1. The van der Waals surface area contributed by atoms with Gasteiger partial charge in [0.05, 0.1) is 32.9 Å². The predicted octanol–water partition coefficient (Wildman–Crippen LogP) is 5.48. The molecule has 3 heterocycles. The number of anilines is 1. The van der Waals surface area contributed by atoms with Crippen LogP contribution in [-0.2, 0) is 17.1 Å². The second-order valence-corrected chi connectivity index (χ2v) is 10.3. The fraction of sp³-hybridized carbons (Fsp3) is 0.174. The minimum atomic E-state index is -0.0904. The van der Waals surface area contributed by atoms with Crippen molar-refractivity contribution < 1.29 is 4.79 Å². The van der Waals surface area contributed by atoms with E-state index in [1.807, 2.05) is 48.5 Å². The van der Waals surface area contributed by atoms with E-state index < -0.39 is 0 Å². The molecular formula is C23H20N6OS3. The quantitative estimate of drug-likeness (QED) is 0.287. The Morgan fingerprint density at radius 2 is 1.91 bits per heavy atom. The molecule has 166 valence electrons. The summed E-state index contributed by atoms with van der Waals surface area (Å²) >= 11 is 4.73. The number of carbonyl (C=O) groups is 1. The highest BCUT2D eigenvalue weighted by Crippen LogP contribution is 2.31. The molecule has 2 aromatic carbocycles. The SMILES string of the molecule is CCn1c(CSc2nc3ccccc3s2)nnc1SCC(=O)Nc1cccc2ncccc12. The van der Waals surface area contributed by atoms with Crippen LogP contribution in [0.1, 0.15) is 12.7 Å². The van der Waals surface area contributed by atoms with Gasteiger partial charge in [0.2, 0.25) is 5.91 Å². The minimum absolute atomic E-state index is 0.0904. The van der Waals surface area contributed by atoms with Gasteiger partial charge in [-0.15, -0.1) is 21.5 Å². The summed E-state index contributed by atoms with van der Waals surface area (Å²) in [5, 5.41) is 13.3. The van der Waals surface area contributed by atoms with Crippen molar-refractivity contribution in [3.63, 3.8) is 0 Å². The van der Waals surface area contributed by atoms with E-state index in [2.05, 4.69) is 43.0 Å². The Hall–Kier alpha value is -2.95. The number of rotatable bonds is 8. The zero-order valence-electron chi connectivity index (χ0n) is 17.8. The minimum Gasteiger partial charge on any atom is -0.325 e. The summed E-state index contributed by atoms with van der Waals surface area (Å²) in [6.45, 7) is 2.80. The van der Waals surface area contributed by atoms with Crippen molar-refractivity contribution in [2.75, 3.05) is 11.1 Å². The number of pyridine rings is 1. The molecule has 1 N–H and O–H groups in total. The van der Waals surface area contributed by atoms with Gasteiger partial charge in [0.25, 0.3) is 0 Å².